The van der Waals surface area contributed by atoms with Crippen LogP contribution in [0.4, 0.5) is 0 Å². The Labute approximate surface area is 187 Å². The van der Waals surface area contributed by atoms with Crippen molar-refractivity contribution >= 4 is 32.5 Å². The highest BCUT2D eigenvalue weighted by molar-refractivity contribution is 7.89. The molecule has 1 aromatic heterocycles. The highest BCUT2D eigenvalue weighted by Crippen LogP contribution is 2.30. The number of ether oxygens (including phenoxy) is 3. The molecule has 31 heavy (non-hydrogen) atoms. The van der Waals surface area contributed by atoms with Gasteiger partial charge < -0.3 is 14.2 Å². The molecule has 2 heterocycles. The third kappa shape index (κ3) is 4.86. The second kappa shape index (κ2) is 9.14. The molecule has 0 N–H and O–H groups in total. The highest BCUT2D eigenvalue weighted by atomic mass is 35.5. The topological polar surface area (TPSA) is 66.8 Å². The normalized spacial score (nSPS) is 21.6. The Morgan fingerprint density at radius 1 is 1.10 bits per heavy atom. The van der Waals surface area contributed by atoms with Gasteiger partial charge in [-0.25, -0.2) is 12.4 Å². The standard InChI is InChI=1S/C23H24ClNO5S/c1-28-15-23-22(11-10-21(30-23)16-6-4-3-5-7-16)29-14-19-12-17-8-9-18(24)13-20(17)25(19)31(2,26)27/h3-13,21-23H,14-15H2,1-2H3/t21-,22-,23+/m0/s1. The van der Waals surface area contributed by atoms with Crippen LogP contribution in [0.1, 0.15) is 17.4 Å². The van der Waals surface area contributed by atoms with E-state index in [-0.39, 0.29) is 24.9 Å². The Morgan fingerprint density at radius 3 is 2.58 bits per heavy atom. The summed E-state index contributed by atoms with van der Waals surface area (Å²) in [4.78, 5) is 0. The molecule has 0 aliphatic carbocycles. The van der Waals surface area contributed by atoms with Gasteiger partial charge in [0.05, 0.1) is 30.7 Å². The predicted molar refractivity (Wildman–Crippen MR) is 121 cm³/mol. The molecule has 0 amide bonds. The van der Waals surface area contributed by atoms with E-state index in [0.717, 1.165) is 10.9 Å². The molecule has 0 unspecified atom stereocenters. The van der Waals surface area contributed by atoms with Crippen molar-refractivity contribution in [2.75, 3.05) is 20.0 Å². The Kier molecular flexibility index (Phi) is 6.50. The molecular weight excluding hydrogens is 438 g/mol. The van der Waals surface area contributed by atoms with Crippen LogP contribution in [-0.2, 0) is 30.8 Å². The quantitative estimate of drug-likeness (QED) is 0.490. The van der Waals surface area contributed by atoms with Crippen molar-refractivity contribution in [2.24, 2.45) is 0 Å². The highest BCUT2D eigenvalue weighted by Gasteiger charge is 2.29. The van der Waals surface area contributed by atoms with Crippen LogP contribution in [0.3, 0.4) is 0 Å². The Morgan fingerprint density at radius 2 is 1.87 bits per heavy atom. The van der Waals surface area contributed by atoms with Crippen molar-refractivity contribution < 1.29 is 22.6 Å². The lowest BCUT2D eigenvalue weighted by molar-refractivity contribution is -0.113. The molecule has 2 aromatic carbocycles. The van der Waals surface area contributed by atoms with E-state index in [1.807, 2.05) is 42.5 Å². The largest absolute Gasteiger partial charge is 0.382 e. The van der Waals surface area contributed by atoms with Gasteiger partial charge >= 0.3 is 0 Å². The van der Waals surface area contributed by atoms with Gasteiger partial charge in [0.2, 0.25) is 10.0 Å². The Balaban J connectivity index is 1.59. The molecule has 1 aliphatic heterocycles. The molecule has 0 saturated heterocycles. The van der Waals surface area contributed by atoms with Crippen molar-refractivity contribution in [1.82, 2.24) is 3.97 Å². The fourth-order valence-corrected chi connectivity index (χ4v) is 5.03. The molecule has 1 aliphatic rings. The molecule has 0 spiro atoms. The summed E-state index contributed by atoms with van der Waals surface area (Å²) >= 11 is 6.09. The average molecular weight is 462 g/mol. The summed E-state index contributed by atoms with van der Waals surface area (Å²) in [7, 11) is -1.94. The molecule has 3 atom stereocenters. The minimum absolute atomic E-state index is 0.0912. The van der Waals surface area contributed by atoms with Gasteiger partial charge in [0.15, 0.2) is 0 Å². The lowest BCUT2D eigenvalue weighted by atomic mass is 10.0. The smallest absolute Gasteiger partial charge is 0.236 e. The van der Waals surface area contributed by atoms with Gasteiger partial charge in [-0.05, 0) is 23.8 Å². The van der Waals surface area contributed by atoms with E-state index in [1.54, 1.807) is 31.4 Å². The van der Waals surface area contributed by atoms with Crippen LogP contribution in [0.25, 0.3) is 10.9 Å². The van der Waals surface area contributed by atoms with Gasteiger partial charge in [0.1, 0.15) is 18.3 Å². The van der Waals surface area contributed by atoms with Crippen molar-refractivity contribution in [3.05, 3.63) is 83.0 Å². The first kappa shape index (κ1) is 22.0. The Hall–Kier alpha value is -2.16. The molecule has 3 aromatic rings. The summed E-state index contributed by atoms with van der Waals surface area (Å²) in [5.41, 5.74) is 2.10. The summed E-state index contributed by atoms with van der Waals surface area (Å²) < 4.78 is 43.8. The van der Waals surface area contributed by atoms with Crippen LogP contribution < -0.4 is 0 Å². The monoisotopic (exact) mass is 461 g/mol. The van der Waals surface area contributed by atoms with Gasteiger partial charge in [-0.15, -0.1) is 0 Å². The molecule has 0 fully saturated rings. The first-order chi connectivity index (χ1) is 14.9. The van der Waals surface area contributed by atoms with Gasteiger partial charge in [0, 0.05) is 17.5 Å². The SMILES string of the molecule is COC[C@H]1O[C@H](c2ccccc2)C=C[C@@H]1OCc1cc2ccc(Cl)cc2n1S(C)(=O)=O. The van der Waals surface area contributed by atoms with Gasteiger partial charge in [-0.2, -0.15) is 0 Å². The summed E-state index contributed by atoms with van der Waals surface area (Å²) in [5.74, 6) is 0. The zero-order valence-corrected chi connectivity index (χ0v) is 18.8. The van der Waals surface area contributed by atoms with Gasteiger partial charge in [-0.3, -0.25) is 0 Å². The third-order valence-electron chi connectivity index (χ3n) is 5.17. The van der Waals surface area contributed by atoms with E-state index < -0.39 is 10.0 Å². The number of hydrogen-bond donors (Lipinski definition) is 0. The van der Waals surface area contributed by atoms with Crippen LogP contribution in [0.5, 0.6) is 0 Å². The number of benzene rings is 2. The van der Waals surface area contributed by atoms with Crippen LogP contribution in [0.2, 0.25) is 5.02 Å². The van der Waals surface area contributed by atoms with Crippen molar-refractivity contribution in [1.29, 1.82) is 0 Å². The fraction of sp³-hybridized carbons (Fsp3) is 0.304. The number of aromatic nitrogens is 1. The summed E-state index contributed by atoms with van der Waals surface area (Å²) in [6.07, 6.45) is 4.18. The average Bonchev–Trinajstić information content (AvgIpc) is 3.11. The van der Waals surface area contributed by atoms with Crippen LogP contribution >= 0.6 is 11.6 Å². The molecular formula is C23H24ClNO5S. The maximum atomic E-state index is 12.5. The number of rotatable bonds is 7. The first-order valence-electron chi connectivity index (χ1n) is 9.86. The molecule has 8 heteroatoms. The predicted octanol–water partition coefficient (Wildman–Crippen LogP) is 4.33. The summed E-state index contributed by atoms with van der Waals surface area (Å²) in [6, 6.07) is 16.9. The molecule has 164 valence electrons. The summed E-state index contributed by atoms with van der Waals surface area (Å²) in [6.45, 7) is 0.441. The minimum atomic E-state index is -3.55. The van der Waals surface area contributed by atoms with Crippen molar-refractivity contribution in [3.8, 4) is 0 Å². The zero-order valence-electron chi connectivity index (χ0n) is 17.3. The molecule has 0 bridgehead atoms. The van der Waals surface area contributed by atoms with E-state index >= 15 is 0 Å². The van der Waals surface area contributed by atoms with Crippen molar-refractivity contribution in [3.63, 3.8) is 0 Å². The van der Waals surface area contributed by atoms with Gasteiger partial charge in [-0.1, -0.05) is 60.2 Å². The minimum Gasteiger partial charge on any atom is -0.382 e. The third-order valence-corrected chi connectivity index (χ3v) is 6.50. The first-order valence-corrected chi connectivity index (χ1v) is 12.1. The fourth-order valence-electron chi connectivity index (χ4n) is 3.82. The molecule has 0 radical (unpaired) electrons. The zero-order chi connectivity index (χ0) is 22.0. The summed E-state index contributed by atoms with van der Waals surface area (Å²) in [5, 5.41) is 1.25. The van der Waals surface area contributed by atoms with E-state index in [4.69, 9.17) is 25.8 Å². The number of hydrogen-bond acceptors (Lipinski definition) is 5. The van der Waals surface area contributed by atoms with Crippen LogP contribution in [0.15, 0.2) is 66.7 Å². The van der Waals surface area contributed by atoms with Crippen LogP contribution in [0, 0.1) is 0 Å². The Bertz CT molecular complexity index is 1190. The molecule has 6 nitrogen and oxygen atoms in total. The maximum absolute atomic E-state index is 12.5. The molecule has 4 rings (SSSR count). The lowest BCUT2D eigenvalue weighted by Crippen LogP contribution is -2.37. The number of halogens is 1. The van der Waals surface area contributed by atoms with E-state index in [0.29, 0.717) is 22.8 Å². The van der Waals surface area contributed by atoms with E-state index in [1.165, 1.54) is 10.2 Å². The van der Waals surface area contributed by atoms with E-state index in [9.17, 15) is 8.42 Å². The van der Waals surface area contributed by atoms with E-state index in [2.05, 4.69) is 0 Å². The van der Waals surface area contributed by atoms with Gasteiger partial charge in [0.25, 0.3) is 0 Å². The maximum Gasteiger partial charge on any atom is 0.236 e. The second-order valence-electron chi connectivity index (χ2n) is 7.49. The van der Waals surface area contributed by atoms with Crippen molar-refractivity contribution in [2.45, 2.75) is 24.9 Å². The second-order valence-corrected chi connectivity index (χ2v) is 9.76. The van der Waals surface area contributed by atoms with Crippen LogP contribution in [-0.4, -0.2) is 44.6 Å². The number of methoxy groups -OCH3 is 1. The molecule has 0 saturated carbocycles. The number of nitrogens with zero attached hydrogens (tertiary/aromatic N) is 1. The number of fused-ring (bicyclic) bond motifs is 1. The lowest BCUT2D eigenvalue weighted by Gasteiger charge is -2.32.